The van der Waals surface area contributed by atoms with Crippen molar-refractivity contribution in [1.29, 1.82) is 0 Å². The molecule has 13 heavy (non-hydrogen) atoms. The highest BCUT2D eigenvalue weighted by Gasteiger charge is 2.34. The zero-order valence-electron chi connectivity index (χ0n) is 8.01. The van der Waals surface area contributed by atoms with Gasteiger partial charge in [0.1, 0.15) is 5.82 Å². The summed E-state index contributed by atoms with van der Waals surface area (Å²) < 4.78 is 0. The van der Waals surface area contributed by atoms with Crippen LogP contribution in [-0.4, -0.2) is 15.2 Å². The SMILES string of the molecule is CC1(c2n[nH]c(CN)n2)CCCC1. The molecule has 4 heteroatoms. The lowest BCUT2D eigenvalue weighted by Crippen LogP contribution is -2.18. The van der Waals surface area contributed by atoms with Crippen molar-refractivity contribution >= 4 is 0 Å². The minimum absolute atomic E-state index is 0.198. The van der Waals surface area contributed by atoms with Crippen LogP contribution in [0.1, 0.15) is 44.3 Å². The molecule has 0 amide bonds. The number of H-pyrrole nitrogens is 1. The molecule has 0 spiro atoms. The maximum absolute atomic E-state index is 5.47. The number of nitrogens with two attached hydrogens (primary N) is 1. The van der Waals surface area contributed by atoms with Crippen molar-refractivity contribution in [2.75, 3.05) is 0 Å². The van der Waals surface area contributed by atoms with Gasteiger partial charge in [-0.3, -0.25) is 5.10 Å². The van der Waals surface area contributed by atoms with Crippen molar-refractivity contribution in [2.45, 2.75) is 44.6 Å². The van der Waals surface area contributed by atoms with E-state index in [9.17, 15) is 0 Å². The fourth-order valence-electron chi connectivity index (χ4n) is 2.04. The van der Waals surface area contributed by atoms with E-state index in [2.05, 4.69) is 22.1 Å². The molecule has 1 aromatic heterocycles. The fraction of sp³-hybridized carbons (Fsp3) is 0.778. The maximum atomic E-state index is 5.47. The minimum atomic E-state index is 0.198. The van der Waals surface area contributed by atoms with Crippen LogP contribution in [0.25, 0.3) is 0 Å². The van der Waals surface area contributed by atoms with Gasteiger partial charge >= 0.3 is 0 Å². The molecule has 1 aliphatic carbocycles. The first-order valence-electron chi connectivity index (χ1n) is 4.86. The molecule has 0 atom stereocenters. The van der Waals surface area contributed by atoms with E-state index in [1.54, 1.807) is 0 Å². The molecule has 4 nitrogen and oxygen atoms in total. The summed E-state index contributed by atoms with van der Waals surface area (Å²) in [5.41, 5.74) is 5.67. The van der Waals surface area contributed by atoms with Gasteiger partial charge in [0, 0.05) is 5.41 Å². The van der Waals surface area contributed by atoms with E-state index >= 15 is 0 Å². The topological polar surface area (TPSA) is 67.6 Å². The second-order valence-corrected chi connectivity index (χ2v) is 4.08. The summed E-state index contributed by atoms with van der Waals surface area (Å²) in [5.74, 6) is 1.74. The zero-order chi connectivity index (χ0) is 9.31. The van der Waals surface area contributed by atoms with E-state index in [0.29, 0.717) is 6.54 Å². The minimum Gasteiger partial charge on any atom is -0.324 e. The molecule has 1 heterocycles. The lowest BCUT2D eigenvalue weighted by atomic mass is 9.88. The Hall–Kier alpha value is -0.900. The van der Waals surface area contributed by atoms with Crippen molar-refractivity contribution < 1.29 is 0 Å². The molecular weight excluding hydrogens is 164 g/mol. The third kappa shape index (κ3) is 1.46. The van der Waals surface area contributed by atoms with Gasteiger partial charge in [-0.05, 0) is 12.8 Å². The number of rotatable bonds is 2. The number of hydrogen-bond donors (Lipinski definition) is 2. The van der Waals surface area contributed by atoms with Gasteiger partial charge in [-0.25, -0.2) is 4.98 Å². The molecule has 0 aromatic carbocycles. The Morgan fingerprint density at radius 2 is 2.15 bits per heavy atom. The Morgan fingerprint density at radius 1 is 1.46 bits per heavy atom. The van der Waals surface area contributed by atoms with Gasteiger partial charge in [0.15, 0.2) is 5.82 Å². The predicted molar refractivity (Wildman–Crippen MR) is 50.1 cm³/mol. The van der Waals surface area contributed by atoms with E-state index in [1.165, 1.54) is 25.7 Å². The molecular formula is C9H16N4. The van der Waals surface area contributed by atoms with Gasteiger partial charge in [0.25, 0.3) is 0 Å². The second kappa shape index (κ2) is 3.10. The molecule has 0 saturated heterocycles. The van der Waals surface area contributed by atoms with Crippen LogP contribution in [0.2, 0.25) is 0 Å². The Morgan fingerprint density at radius 3 is 2.69 bits per heavy atom. The summed E-state index contributed by atoms with van der Waals surface area (Å²) in [6.07, 6.45) is 5.00. The lowest BCUT2D eigenvalue weighted by Gasteiger charge is -2.18. The first kappa shape index (κ1) is 8.69. The molecule has 2 rings (SSSR count). The third-order valence-corrected chi connectivity index (χ3v) is 2.97. The Bertz CT molecular complexity index is 286. The van der Waals surface area contributed by atoms with Crippen molar-refractivity contribution in [3.05, 3.63) is 11.6 Å². The standard InChI is InChI=1S/C9H16N4/c1-9(4-2-3-5-9)8-11-7(6-10)12-13-8/h2-6,10H2,1H3,(H,11,12,13). The number of nitrogens with one attached hydrogen (secondary N) is 1. The summed E-state index contributed by atoms with van der Waals surface area (Å²) in [7, 11) is 0. The smallest absolute Gasteiger partial charge is 0.156 e. The third-order valence-electron chi connectivity index (χ3n) is 2.97. The summed E-state index contributed by atoms with van der Waals surface area (Å²) >= 11 is 0. The maximum Gasteiger partial charge on any atom is 0.156 e. The summed E-state index contributed by atoms with van der Waals surface area (Å²) in [4.78, 5) is 4.39. The van der Waals surface area contributed by atoms with Crippen LogP contribution < -0.4 is 5.73 Å². The summed E-state index contributed by atoms with van der Waals surface area (Å²) in [5, 5.41) is 7.10. The summed E-state index contributed by atoms with van der Waals surface area (Å²) in [6, 6.07) is 0. The Kier molecular flexibility index (Phi) is 2.07. The van der Waals surface area contributed by atoms with Crippen LogP contribution in [0.15, 0.2) is 0 Å². The Labute approximate surface area is 77.9 Å². The molecule has 0 bridgehead atoms. The van der Waals surface area contributed by atoms with Crippen LogP contribution in [0, 0.1) is 0 Å². The lowest BCUT2D eigenvalue weighted by molar-refractivity contribution is 0.460. The molecule has 1 aliphatic rings. The summed E-state index contributed by atoms with van der Waals surface area (Å²) in [6.45, 7) is 2.69. The first-order chi connectivity index (χ1) is 6.24. The molecule has 0 unspecified atom stereocenters. The quantitative estimate of drug-likeness (QED) is 0.716. The van der Waals surface area contributed by atoms with Crippen LogP contribution >= 0.6 is 0 Å². The predicted octanol–water partition coefficient (Wildman–Crippen LogP) is 1.10. The molecule has 1 saturated carbocycles. The van der Waals surface area contributed by atoms with Crippen LogP contribution in [0.4, 0.5) is 0 Å². The highest BCUT2D eigenvalue weighted by molar-refractivity contribution is 5.08. The number of nitrogens with zero attached hydrogens (tertiary/aromatic N) is 2. The number of hydrogen-bond acceptors (Lipinski definition) is 3. The van der Waals surface area contributed by atoms with Crippen molar-refractivity contribution in [3.8, 4) is 0 Å². The fourth-order valence-corrected chi connectivity index (χ4v) is 2.04. The molecule has 3 N–H and O–H groups in total. The van der Waals surface area contributed by atoms with Crippen molar-refractivity contribution in [2.24, 2.45) is 5.73 Å². The monoisotopic (exact) mass is 180 g/mol. The Balaban J connectivity index is 2.23. The second-order valence-electron chi connectivity index (χ2n) is 4.08. The molecule has 1 fully saturated rings. The van der Waals surface area contributed by atoms with Crippen molar-refractivity contribution in [3.63, 3.8) is 0 Å². The largest absolute Gasteiger partial charge is 0.324 e. The highest BCUT2D eigenvalue weighted by atomic mass is 15.2. The van der Waals surface area contributed by atoms with Gasteiger partial charge < -0.3 is 5.73 Å². The van der Waals surface area contributed by atoms with E-state index < -0.39 is 0 Å². The normalized spacial score (nSPS) is 20.8. The molecule has 72 valence electrons. The average molecular weight is 180 g/mol. The highest BCUT2D eigenvalue weighted by Crippen LogP contribution is 2.38. The van der Waals surface area contributed by atoms with E-state index in [0.717, 1.165) is 11.6 Å². The number of aromatic amines is 1. The van der Waals surface area contributed by atoms with Crippen LogP contribution in [-0.2, 0) is 12.0 Å². The van der Waals surface area contributed by atoms with Crippen LogP contribution in [0.5, 0.6) is 0 Å². The van der Waals surface area contributed by atoms with E-state index in [1.807, 2.05) is 0 Å². The number of aromatic nitrogens is 3. The average Bonchev–Trinajstić information content (AvgIpc) is 2.72. The van der Waals surface area contributed by atoms with Gasteiger partial charge in [-0.15, -0.1) is 0 Å². The molecule has 0 radical (unpaired) electrons. The van der Waals surface area contributed by atoms with Crippen LogP contribution in [0.3, 0.4) is 0 Å². The van der Waals surface area contributed by atoms with E-state index in [4.69, 9.17) is 5.73 Å². The van der Waals surface area contributed by atoms with E-state index in [-0.39, 0.29) is 5.41 Å². The van der Waals surface area contributed by atoms with Gasteiger partial charge in [0.05, 0.1) is 6.54 Å². The zero-order valence-corrected chi connectivity index (χ0v) is 8.01. The first-order valence-corrected chi connectivity index (χ1v) is 4.86. The van der Waals surface area contributed by atoms with Gasteiger partial charge in [-0.1, -0.05) is 19.8 Å². The molecule has 1 aromatic rings. The van der Waals surface area contributed by atoms with Gasteiger partial charge in [-0.2, -0.15) is 5.10 Å². The van der Waals surface area contributed by atoms with Gasteiger partial charge in [0.2, 0.25) is 0 Å². The molecule has 0 aliphatic heterocycles. The van der Waals surface area contributed by atoms with Crippen molar-refractivity contribution in [1.82, 2.24) is 15.2 Å².